The number of carbonyl (C=O) groups is 1. The summed E-state index contributed by atoms with van der Waals surface area (Å²) in [5.74, 6) is -0.320. The van der Waals surface area contributed by atoms with Crippen LogP contribution < -0.4 is 0 Å². The van der Waals surface area contributed by atoms with Gasteiger partial charge in [0.05, 0.1) is 12.7 Å². The molecule has 0 fully saturated rings. The van der Waals surface area contributed by atoms with E-state index in [1.54, 1.807) is 6.07 Å². The van der Waals surface area contributed by atoms with Crippen molar-refractivity contribution >= 4 is 5.97 Å². The van der Waals surface area contributed by atoms with Crippen molar-refractivity contribution in [3.8, 4) is 11.1 Å². The molecule has 0 amide bonds. The van der Waals surface area contributed by atoms with Crippen molar-refractivity contribution in [1.29, 1.82) is 0 Å². The first-order valence-corrected chi connectivity index (χ1v) is 5.38. The molecule has 17 heavy (non-hydrogen) atoms. The summed E-state index contributed by atoms with van der Waals surface area (Å²) < 4.78 is 4.70. The third-order valence-electron chi connectivity index (χ3n) is 2.55. The lowest BCUT2D eigenvalue weighted by Gasteiger charge is -2.04. The number of aryl methyl sites for hydroxylation is 1. The Labute approximate surface area is 101 Å². The smallest absolute Gasteiger partial charge is 0.337 e. The van der Waals surface area contributed by atoms with Crippen molar-refractivity contribution in [2.75, 3.05) is 7.11 Å². The Kier molecular flexibility index (Phi) is 3.24. The molecule has 85 valence electrons. The molecule has 0 spiro atoms. The van der Waals surface area contributed by atoms with Gasteiger partial charge in [-0.05, 0) is 36.2 Å². The van der Waals surface area contributed by atoms with Gasteiger partial charge >= 0.3 is 5.97 Å². The van der Waals surface area contributed by atoms with Gasteiger partial charge in [0.2, 0.25) is 0 Å². The molecule has 0 atom stereocenters. The first-order valence-electron chi connectivity index (χ1n) is 5.38. The van der Waals surface area contributed by atoms with Crippen LogP contribution in [0.25, 0.3) is 11.1 Å². The molecule has 0 aromatic heterocycles. The van der Waals surface area contributed by atoms with E-state index in [1.807, 2.05) is 43.3 Å². The van der Waals surface area contributed by atoms with Crippen LogP contribution >= 0.6 is 0 Å². The van der Waals surface area contributed by atoms with E-state index >= 15 is 0 Å². The van der Waals surface area contributed by atoms with Gasteiger partial charge in [-0.2, -0.15) is 0 Å². The molecule has 0 saturated carbocycles. The van der Waals surface area contributed by atoms with Gasteiger partial charge in [0, 0.05) is 0 Å². The van der Waals surface area contributed by atoms with Gasteiger partial charge in [-0.3, -0.25) is 0 Å². The van der Waals surface area contributed by atoms with Gasteiger partial charge in [-0.1, -0.05) is 35.9 Å². The van der Waals surface area contributed by atoms with Gasteiger partial charge in [0.1, 0.15) is 0 Å². The van der Waals surface area contributed by atoms with Gasteiger partial charge in [0.25, 0.3) is 0 Å². The van der Waals surface area contributed by atoms with Crippen LogP contribution in [0.4, 0.5) is 0 Å². The maximum absolute atomic E-state index is 11.4. The maximum Gasteiger partial charge on any atom is 0.337 e. The third kappa shape index (κ3) is 2.53. The fourth-order valence-electron chi connectivity index (χ4n) is 1.68. The Morgan fingerprint density at radius 1 is 1.24 bits per heavy atom. The summed E-state index contributed by atoms with van der Waals surface area (Å²) >= 11 is 0. The molecule has 0 heterocycles. The quantitative estimate of drug-likeness (QED) is 0.733. The van der Waals surface area contributed by atoms with Crippen LogP contribution in [0.2, 0.25) is 0 Å². The average molecular weight is 225 g/mol. The van der Waals surface area contributed by atoms with Crippen LogP contribution in [0.5, 0.6) is 0 Å². The van der Waals surface area contributed by atoms with Gasteiger partial charge in [0.15, 0.2) is 0 Å². The number of carbonyl (C=O) groups excluding carboxylic acids is 1. The summed E-state index contributed by atoms with van der Waals surface area (Å²) in [5.41, 5.74) is 3.68. The van der Waals surface area contributed by atoms with E-state index in [4.69, 9.17) is 4.74 Å². The topological polar surface area (TPSA) is 26.3 Å². The monoisotopic (exact) mass is 225 g/mol. The van der Waals surface area contributed by atoms with E-state index < -0.39 is 0 Å². The minimum Gasteiger partial charge on any atom is -0.465 e. The molecule has 2 heteroatoms. The number of methoxy groups -OCH3 is 1. The van der Waals surface area contributed by atoms with Crippen molar-refractivity contribution < 1.29 is 9.53 Å². The van der Waals surface area contributed by atoms with E-state index in [1.165, 1.54) is 12.7 Å². The number of rotatable bonds is 2. The lowest BCUT2D eigenvalue weighted by molar-refractivity contribution is 0.0601. The Morgan fingerprint density at radius 2 is 2.06 bits per heavy atom. The minimum atomic E-state index is -0.320. The van der Waals surface area contributed by atoms with E-state index in [0.29, 0.717) is 5.56 Å². The Bertz CT molecular complexity index is 544. The number of benzene rings is 2. The van der Waals surface area contributed by atoms with E-state index in [0.717, 1.165) is 11.1 Å². The van der Waals surface area contributed by atoms with Gasteiger partial charge in [-0.25, -0.2) is 4.79 Å². The van der Waals surface area contributed by atoms with Crippen molar-refractivity contribution in [2.24, 2.45) is 0 Å². The molecule has 0 unspecified atom stereocenters. The van der Waals surface area contributed by atoms with E-state index in [-0.39, 0.29) is 5.97 Å². The summed E-state index contributed by atoms with van der Waals surface area (Å²) in [6, 6.07) is 16.4. The Hall–Kier alpha value is -2.09. The Balaban J connectivity index is 2.43. The molecule has 0 N–H and O–H groups in total. The van der Waals surface area contributed by atoms with Crippen molar-refractivity contribution in [3.63, 3.8) is 0 Å². The zero-order chi connectivity index (χ0) is 12.3. The van der Waals surface area contributed by atoms with Gasteiger partial charge in [-0.15, -0.1) is 0 Å². The van der Waals surface area contributed by atoms with Crippen LogP contribution in [-0.4, -0.2) is 13.1 Å². The third-order valence-corrected chi connectivity index (χ3v) is 2.55. The predicted octanol–water partition coefficient (Wildman–Crippen LogP) is 3.25. The van der Waals surface area contributed by atoms with Gasteiger partial charge < -0.3 is 4.74 Å². The summed E-state index contributed by atoms with van der Waals surface area (Å²) in [5, 5.41) is 0. The van der Waals surface area contributed by atoms with Crippen molar-refractivity contribution in [3.05, 3.63) is 59.7 Å². The second kappa shape index (κ2) is 4.83. The van der Waals surface area contributed by atoms with Crippen LogP contribution in [-0.2, 0) is 4.74 Å². The van der Waals surface area contributed by atoms with Crippen LogP contribution in [0.15, 0.2) is 42.5 Å². The van der Waals surface area contributed by atoms with E-state index in [2.05, 4.69) is 6.07 Å². The molecule has 1 radical (unpaired) electrons. The molecule has 0 aliphatic heterocycles. The first-order chi connectivity index (χ1) is 8.20. The number of hydrogen-bond donors (Lipinski definition) is 0. The SMILES string of the molecule is COC(=O)c1cccc(-c2[c]ccc(C)c2)c1. The standard InChI is InChI=1S/C15H13O2/c1-11-5-3-6-12(9-11)13-7-4-8-14(10-13)15(16)17-2/h3-5,7-10H,1-2H3. The fourth-order valence-corrected chi connectivity index (χ4v) is 1.68. The average Bonchev–Trinajstić information content (AvgIpc) is 2.38. The number of esters is 1. The van der Waals surface area contributed by atoms with Crippen molar-refractivity contribution in [1.82, 2.24) is 0 Å². The molecular weight excluding hydrogens is 212 g/mol. The molecule has 2 aromatic rings. The number of ether oxygens (including phenoxy) is 1. The highest BCUT2D eigenvalue weighted by Crippen LogP contribution is 2.21. The summed E-state index contributed by atoms with van der Waals surface area (Å²) in [4.78, 5) is 11.4. The highest BCUT2D eigenvalue weighted by molar-refractivity contribution is 5.90. The highest BCUT2D eigenvalue weighted by Gasteiger charge is 2.06. The Morgan fingerprint density at radius 3 is 2.76 bits per heavy atom. The predicted molar refractivity (Wildman–Crippen MR) is 66.8 cm³/mol. The largest absolute Gasteiger partial charge is 0.465 e. The normalized spacial score (nSPS) is 10.0. The molecule has 2 nitrogen and oxygen atoms in total. The minimum absolute atomic E-state index is 0.320. The molecule has 0 bridgehead atoms. The first kappa shape index (κ1) is 11.4. The summed E-state index contributed by atoms with van der Waals surface area (Å²) in [7, 11) is 1.38. The van der Waals surface area contributed by atoms with Crippen molar-refractivity contribution in [2.45, 2.75) is 6.92 Å². The second-order valence-electron chi connectivity index (χ2n) is 3.85. The number of hydrogen-bond acceptors (Lipinski definition) is 2. The highest BCUT2D eigenvalue weighted by atomic mass is 16.5. The lowest BCUT2D eigenvalue weighted by atomic mass is 10.0. The van der Waals surface area contributed by atoms with Crippen LogP contribution in [0.1, 0.15) is 15.9 Å². The summed E-state index contributed by atoms with van der Waals surface area (Å²) in [6.45, 7) is 2.03. The maximum atomic E-state index is 11.4. The molecule has 0 aliphatic rings. The van der Waals surface area contributed by atoms with Crippen LogP contribution in [0, 0.1) is 13.0 Å². The molecule has 2 aromatic carbocycles. The zero-order valence-corrected chi connectivity index (χ0v) is 9.86. The molecular formula is C15H13O2. The molecule has 2 rings (SSSR count). The molecule has 0 aliphatic carbocycles. The zero-order valence-electron chi connectivity index (χ0n) is 9.86. The second-order valence-corrected chi connectivity index (χ2v) is 3.85. The van der Waals surface area contributed by atoms with Crippen LogP contribution in [0.3, 0.4) is 0 Å². The molecule has 0 saturated heterocycles. The summed E-state index contributed by atoms with van der Waals surface area (Å²) in [6.07, 6.45) is 0. The lowest BCUT2D eigenvalue weighted by Crippen LogP contribution is -2.00. The fraction of sp³-hybridized carbons (Fsp3) is 0.133. The van der Waals surface area contributed by atoms with E-state index in [9.17, 15) is 4.79 Å².